The van der Waals surface area contributed by atoms with Crippen molar-refractivity contribution < 1.29 is 69.7 Å². The largest absolute Gasteiger partial charge is 0.508 e. The molecule has 2 heterocycles. The van der Waals surface area contributed by atoms with E-state index in [4.69, 9.17) is 18.6 Å². The summed E-state index contributed by atoms with van der Waals surface area (Å²) >= 11 is 0. The second kappa shape index (κ2) is 11.8. The number of rotatable bonds is 6. The highest BCUT2D eigenvalue weighted by Gasteiger charge is 2.47. The topological polar surface area (TPSA) is 260 Å². The Morgan fingerprint density at radius 1 is 0.814 bits per heavy atom. The predicted octanol–water partition coefficient (Wildman–Crippen LogP) is -1.02. The minimum atomic E-state index is -1.94. The van der Waals surface area contributed by atoms with E-state index in [-0.39, 0.29) is 23.3 Å². The molecule has 10 atom stereocenters. The Hall–Kier alpha value is -3.67. The van der Waals surface area contributed by atoms with Crippen LogP contribution in [-0.2, 0) is 9.47 Å². The van der Waals surface area contributed by atoms with Gasteiger partial charge in [0.05, 0.1) is 18.8 Å². The maximum Gasteiger partial charge on any atom is 0.239 e. The summed E-state index contributed by atoms with van der Waals surface area (Å²) in [7, 11) is 0. The molecule has 0 unspecified atom stereocenters. The second-order valence-corrected chi connectivity index (χ2v) is 10.8. The lowest BCUT2D eigenvalue weighted by Crippen LogP contribution is -2.61. The van der Waals surface area contributed by atoms with Crippen LogP contribution >= 0.6 is 0 Å². The maximum absolute atomic E-state index is 13.6. The van der Waals surface area contributed by atoms with Crippen LogP contribution in [0.3, 0.4) is 0 Å². The summed E-state index contributed by atoms with van der Waals surface area (Å²) < 4.78 is 22.8. The highest BCUT2D eigenvalue weighted by Crippen LogP contribution is 2.39. The summed E-state index contributed by atoms with van der Waals surface area (Å²) in [5, 5.41) is 102. The number of aromatic hydroxyl groups is 4. The molecule has 43 heavy (non-hydrogen) atoms. The van der Waals surface area contributed by atoms with Gasteiger partial charge in [0.15, 0.2) is 17.3 Å². The normalized spacial score (nSPS) is 33.0. The van der Waals surface area contributed by atoms with Gasteiger partial charge in [-0.2, -0.15) is 0 Å². The number of ether oxygens (including phenoxy) is 3. The molecule has 234 valence electrons. The van der Waals surface area contributed by atoms with Gasteiger partial charge >= 0.3 is 0 Å². The Balaban J connectivity index is 1.48. The third-order valence-electron chi connectivity index (χ3n) is 7.80. The lowest BCUT2D eigenvalue weighted by Gasteiger charge is -2.42. The summed E-state index contributed by atoms with van der Waals surface area (Å²) in [6.07, 6.45) is -13.7. The zero-order valence-electron chi connectivity index (χ0n) is 22.6. The molecule has 1 saturated heterocycles. The van der Waals surface area contributed by atoms with E-state index in [9.17, 15) is 55.9 Å². The predicted molar refractivity (Wildman–Crippen MR) is 143 cm³/mol. The third kappa shape index (κ3) is 5.69. The number of phenolic OH excluding ortho intramolecular Hbond substituents is 4. The van der Waals surface area contributed by atoms with E-state index in [2.05, 4.69) is 0 Å². The molecule has 10 N–H and O–H groups in total. The fraction of sp³-hybridized carbons (Fsp3) is 0.464. The van der Waals surface area contributed by atoms with E-state index in [1.807, 2.05) is 0 Å². The Morgan fingerprint density at radius 2 is 1.51 bits per heavy atom. The first-order valence-corrected chi connectivity index (χ1v) is 13.4. The standard InChI is InChI=1S/C28H32O15/c1-9-4-16(20(34)23(37)19(9)33)40-8-17-21(35)24(38)25(39)28(42-17)43-27-22(36)18-14(32)6-11(29)7-15(18)41-26(27)10-2-3-12(30)13(31)5-10/h2-3,5-7,9,16-17,19-21,23-25,28-35,37-39H,4,8H2,1H3/t9-,16+,17-,19-,20-,21-,23+,24-,25+,28-/m0/s1. The van der Waals surface area contributed by atoms with Crippen molar-refractivity contribution in [3.05, 3.63) is 40.6 Å². The molecule has 1 aromatic heterocycles. The van der Waals surface area contributed by atoms with Crippen LogP contribution in [0.5, 0.6) is 28.7 Å². The van der Waals surface area contributed by atoms with Crippen molar-refractivity contribution >= 4 is 11.0 Å². The summed E-state index contributed by atoms with van der Waals surface area (Å²) in [5.41, 5.74) is -1.30. The minimum absolute atomic E-state index is 0.0148. The molecule has 15 heteroatoms. The van der Waals surface area contributed by atoms with Gasteiger partial charge in [0, 0.05) is 17.7 Å². The van der Waals surface area contributed by atoms with Crippen molar-refractivity contribution in [3.63, 3.8) is 0 Å². The van der Waals surface area contributed by atoms with Gasteiger partial charge in [0.1, 0.15) is 59.1 Å². The average Bonchev–Trinajstić information content (AvgIpc) is 2.96. The highest BCUT2D eigenvalue weighted by molar-refractivity contribution is 5.88. The van der Waals surface area contributed by atoms with E-state index in [0.717, 1.165) is 24.3 Å². The molecule has 1 aliphatic heterocycles. The number of hydrogen-bond acceptors (Lipinski definition) is 15. The lowest BCUT2D eigenvalue weighted by molar-refractivity contribution is -0.285. The van der Waals surface area contributed by atoms with Crippen LogP contribution in [0.15, 0.2) is 39.5 Å². The average molecular weight is 609 g/mol. The molecule has 0 spiro atoms. The Labute approximate surface area is 242 Å². The van der Waals surface area contributed by atoms with Crippen molar-refractivity contribution in [2.24, 2.45) is 5.92 Å². The Bertz CT molecular complexity index is 1540. The molecule has 1 aliphatic carbocycles. The summed E-state index contributed by atoms with van der Waals surface area (Å²) in [5.74, 6) is -3.68. The Kier molecular flexibility index (Phi) is 8.43. The SMILES string of the molecule is C[C@H]1C[C@@H](OC[C@@H]2O[C@@H](Oc3c(-c4ccc(O)c(O)c4)oc4cc(O)cc(O)c4c3=O)[C@H](O)[C@@H](O)[C@H]2O)[C@H](O)[C@H](O)[C@H]1O. The van der Waals surface area contributed by atoms with Gasteiger partial charge in [-0.05, 0) is 30.5 Å². The molecule has 15 nitrogen and oxygen atoms in total. The fourth-order valence-corrected chi connectivity index (χ4v) is 5.29. The summed E-state index contributed by atoms with van der Waals surface area (Å²) in [4.78, 5) is 13.6. The molecule has 0 radical (unpaired) electrons. The van der Waals surface area contributed by atoms with E-state index < -0.39 is 107 Å². The number of aliphatic hydroxyl groups is 6. The van der Waals surface area contributed by atoms with Gasteiger partial charge < -0.3 is 69.7 Å². The smallest absolute Gasteiger partial charge is 0.239 e. The minimum Gasteiger partial charge on any atom is -0.508 e. The molecule has 1 saturated carbocycles. The first-order valence-electron chi connectivity index (χ1n) is 13.4. The fourth-order valence-electron chi connectivity index (χ4n) is 5.29. The molecule has 0 amide bonds. The van der Waals surface area contributed by atoms with Gasteiger partial charge in [0.25, 0.3) is 0 Å². The Morgan fingerprint density at radius 3 is 2.21 bits per heavy atom. The number of phenols is 4. The summed E-state index contributed by atoms with van der Waals surface area (Å²) in [6, 6.07) is 5.30. The monoisotopic (exact) mass is 608 g/mol. The third-order valence-corrected chi connectivity index (χ3v) is 7.80. The highest BCUT2D eigenvalue weighted by atomic mass is 16.7. The molecule has 2 fully saturated rings. The molecule has 2 aliphatic rings. The van der Waals surface area contributed by atoms with Gasteiger partial charge in [-0.25, -0.2) is 0 Å². The van der Waals surface area contributed by atoms with Crippen molar-refractivity contribution in [3.8, 4) is 40.1 Å². The van der Waals surface area contributed by atoms with Gasteiger partial charge in [-0.15, -0.1) is 0 Å². The van der Waals surface area contributed by atoms with E-state index in [0.29, 0.717) is 0 Å². The molecule has 3 aromatic rings. The zero-order valence-corrected chi connectivity index (χ0v) is 22.6. The quantitative estimate of drug-likeness (QED) is 0.150. The first kappa shape index (κ1) is 30.8. The molecule has 2 aromatic carbocycles. The second-order valence-electron chi connectivity index (χ2n) is 10.8. The van der Waals surface area contributed by atoms with Crippen molar-refractivity contribution in [2.75, 3.05) is 6.61 Å². The zero-order chi connectivity index (χ0) is 31.3. The number of benzene rings is 2. The van der Waals surface area contributed by atoms with E-state index in [1.165, 1.54) is 6.07 Å². The number of aliphatic hydroxyl groups excluding tert-OH is 6. The van der Waals surface area contributed by atoms with Crippen LogP contribution in [0.2, 0.25) is 0 Å². The van der Waals surface area contributed by atoms with E-state index >= 15 is 0 Å². The van der Waals surface area contributed by atoms with Crippen LogP contribution in [-0.4, -0.2) is 113 Å². The maximum atomic E-state index is 13.6. The summed E-state index contributed by atoms with van der Waals surface area (Å²) in [6.45, 7) is 1.17. The first-order chi connectivity index (χ1) is 20.3. The van der Waals surface area contributed by atoms with Crippen LogP contribution in [0.1, 0.15) is 13.3 Å². The molecule has 0 bridgehead atoms. The van der Waals surface area contributed by atoms with Gasteiger partial charge in [-0.3, -0.25) is 4.79 Å². The lowest BCUT2D eigenvalue weighted by atomic mass is 9.82. The van der Waals surface area contributed by atoms with Crippen LogP contribution in [0.25, 0.3) is 22.3 Å². The molecular weight excluding hydrogens is 576 g/mol. The van der Waals surface area contributed by atoms with Crippen LogP contribution in [0.4, 0.5) is 0 Å². The van der Waals surface area contributed by atoms with Crippen LogP contribution in [0, 0.1) is 5.92 Å². The van der Waals surface area contributed by atoms with Crippen LogP contribution < -0.4 is 10.2 Å². The van der Waals surface area contributed by atoms with Crippen molar-refractivity contribution in [2.45, 2.75) is 68.5 Å². The van der Waals surface area contributed by atoms with Gasteiger partial charge in [-0.1, -0.05) is 6.92 Å². The number of hydrogen-bond donors (Lipinski definition) is 10. The van der Waals surface area contributed by atoms with Gasteiger partial charge in [0.2, 0.25) is 17.5 Å². The molecular formula is C28H32O15. The van der Waals surface area contributed by atoms with E-state index in [1.54, 1.807) is 6.92 Å². The van der Waals surface area contributed by atoms with Crippen molar-refractivity contribution in [1.29, 1.82) is 0 Å². The van der Waals surface area contributed by atoms with Crippen molar-refractivity contribution in [1.82, 2.24) is 0 Å². The number of fused-ring (bicyclic) bond motifs is 1. The molecule has 5 rings (SSSR count).